The Bertz CT molecular complexity index is 1100. The Kier molecular flexibility index (Phi) is 4.26. The van der Waals surface area contributed by atoms with Gasteiger partial charge >= 0.3 is 5.97 Å². The van der Waals surface area contributed by atoms with Crippen LogP contribution in [-0.2, 0) is 19.1 Å². The van der Waals surface area contributed by atoms with Crippen LogP contribution in [0.5, 0.6) is 0 Å². The zero-order valence-electron chi connectivity index (χ0n) is 21.4. The summed E-state index contributed by atoms with van der Waals surface area (Å²) < 4.78 is 11.9. The van der Waals surface area contributed by atoms with Crippen LogP contribution in [0.4, 0.5) is 0 Å². The van der Waals surface area contributed by atoms with Crippen molar-refractivity contribution in [3.05, 3.63) is 12.2 Å². The molecule has 0 aromatic rings. The molecule has 8 nitrogen and oxygen atoms in total. The van der Waals surface area contributed by atoms with Gasteiger partial charge in [0, 0.05) is 16.7 Å². The van der Waals surface area contributed by atoms with Crippen molar-refractivity contribution in [2.24, 2.45) is 39.9 Å². The molecule has 5 aliphatic carbocycles. The Morgan fingerprint density at radius 1 is 0.972 bits per heavy atom. The van der Waals surface area contributed by atoms with Gasteiger partial charge in [0.05, 0.1) is 17.6 Å². The van der Waals surface area contributed by atoms with Crippen LogP contribution < -0.4 is 0 Å². The van der Waals surface area contributed by atoms with Crippen LogP contribution >= 0.6 is 0 Å². The fraction of sp³-hybridized carbons (Fsp3) is 0.857. The Morgan fingerprint density at radius 3 is 2.42 bits per heavy atom. The smallest absolute Gasteiger partial charge is 0.338 e. The van der Waals surface area contributed by atoms with Gasteiger partial charge in [-0.2, -0.15) is 0 Å². The van der Waals surface area contributed by atoms with Crippen molar-refractivity contribution in [2.75, 3.05) is 0 Å². The zero-order chi connectivity index (χ0) is 25.8. The lowest BCUT2D eigenvalue weighted by molar-refractivity contribution is -0.212. The van der Waals surface area contributed by atoms with Gasteiger partial charge in [-0.05, 0) is 82.3 Å². The molecule has 7 rings (SSSR count). The van der Waals surface area contributed by atoms with Crippen LogP contribution in [0, 0.1) is 39.9 Å². The molecule has 4 saturated carbocycles. The molecule has 7 aliphatic rings. The second-order valence-electron chi connectivity index (χ2n) is 14.0. The Hall–Kier alpha value is -1.32. The number of aliphatic hydroxyl groups is 4. The summed E-state index contributed by atoms with van der Waals surface area (Å²) in [5.74, 6) is -1.16. The highest BCUT2D eigenvalue weighted by molar-refractivity contribution is 5.98. The van der Waals surface area contributed by atoms with Crippen LogP contribution in [0.3, 0.4) is 0 Å². The van der Waals surface area contributed by atoms with Crippen LogP contribution in [0.25, 0.3) is 0 Å². The van der Waals surface area contributed by atoms with Gasteiger partial charge in [0.1, 0.15) is 23.4 Å². The van der Waals surface area contributed by atoms with E-state index in [0.29, 0.717) is 38.5 Å². The van der Waals surface area contributed by atoms with E-state index in [1.165, 1.54) is 13.0 Å². The summed E-state index contributed by atoms with van der Waals surface area (Å²) >= 11 is 0. The van der Waals surface area contributed by atoms with E-state index in [1.54, 1.807) is 6.08 Å². The van der Waals surface area contributed by atoms with Crippen LogP contribution in [-0.4, -0.2) is 73.4 Å². The molecule has 6 fully saturated rings. The first-order chi connectivity index (χ1) is 16.7. The summed E-state index contributed by atoms with van der Waals surface area (Å²) in [6.45, 7) is 7.38. The van der Waals surface area contributed by atoms with Gasteiger partial charge in [-0.15, -0.1) is 0 Å². The van der Waals surface area contributed by atoms with Crippen molar-refractivity contribution < 1.29 is 39.5 Å². The number of carbonyl (C=O) groups excluding carboxylic acids is 2. The lowest BCUT2D eigenvalue weighted by atomic mass is 9.44. The highest BCUT2D eigenvalue weighted by atomic mass is 16.6. The summed E-state index contributed by atoms with van der Waals surface area (Å²) in [5, 5.41) is 45.9. The molecule has 4 N–H and O–H groups in total. The fourth-order valence-electron chi connectivity index (χ4n) is 10.7. The standard InChI is InChI=1S/C28H38O8/c1-23-11-16(17(12-23)35-22(32)26(23,4)33)27(34)20(31)10-15-13-9-21-28(36-21)19(30)6-5-18(29)25(28,3)14(13)7-8-24(15,27)2/h5-6,13-17,19-21,30-31,33-34H,7-12H2,1-4H3/t13-,14+,15+,16+,17-,19+,20-,21-,23-,24+,25+,26+,27-,28-/m1/s1. The van der Waals surface area contributed by atoms with E-state index in [4.69, 9.17) is 9.47 Å². The molecule has 2 saturated heterocycles. The number of hydrogen-bond acceptors (Lipinski definition) is 8. The van der Waals surface area contributed by atoms with Gasteiger partial charge in [0.2, 0.25) is 0 Å². The Morgan fingerprint density at radius 2 is 1.69 bits per heavy atom. The number of aliphatic hydroxyl groups excluding tert-OH is 2. The van der Waals surface area contributed by atoms with Crippen LogP contribution in [0.1, 0.15) is 66.2 Å². The predicted molar refractivity (Wildman–Crippen MR) is 125 cm³/mol. The normalized spacial score (nSPS) is 64.8. The van der Waals surface area contributed by atoms with Crippen molar-refractivity contribution >= 4 is 11.8 Å². The van der Waals surface area contributed by atoms with Crippen molar-refractivity contribution in [1.82, 2.24) is 0 Å². The van der Waals surface area contributed by atoms with E-state index in [1.807, 2.05) is 13.8 Å². The number of esters is 1. The first-order valence-electron chi connectivity index (χ1n) is 13.6. The molecular weight excluding hydrogens is 464 g/mol. The van der Waals surface area contributed by atoms with Gasteiger partial charge < -0.3 is 29.9 Å². The van der Waals surface area contributed by atoms with Crippen molar-refractivity contribution in [3.8, 4) is 0 Å². The van der Waals surface area contributed by atoms with Crippen molar-refractivity contribution in [2.45, 2.75) is 107 Å². The van der Waals surface area contributed by atoms with Gasteiger partial charge in [0.25, 0.3) is 0 Å². The predicted octanol–water partition coefficient (Wildman–Crippen LogP) is 1.27. The van der Waals surface area contributed by atoms with E-state index in [9.17, 15) is 30.0 Å². The van der Waals surface area contributed by atoms with Gasteiger partial charge in [-0.1, -0.05) is 13.8 Å². The summed E-state index contributed by atoms with van der Waals surface area (Å²) in [5.41, 5.74) is -6.22. The minimum atomic E-state index is -1.64. The van der Waals surface area contributed by atoms with E-state index in [0.717, 1.165) is 0 Å². The molecule has 1 spiro atoms. The zero-order valence-corrected chi connectivity index (χ0v) is 21.4. The molecular formula is C28H38O8. The molecule has 198 valence electrons. The summed E-state index contributed by atoms with van der Waals surface area (Å²) in [6.07, 6.45) is 3.70. The SMILES string of the molecule is C[C@@]12C[C@@H](OC(=O)[C@]1(C)O)[C@@H]([C@@]1(O)[C@H](O)C[C@H]3[C@@H]4C[C@H]5O[C@]56[C@@H](O)C=CC(=O)[C@]6(C)[C@H]4CC[C@@]31C)C2. The summed E-state index contributed by atoms with van der Waals surface area (Å²) in [7, 11) is 0. The maximum atomic E-state index is 13.4. The third-order valence-corrected chi connectivity index (χ3v) is 13.1. The number of fused-ring (bicyclic) bond motifs is 6. The first kappa shape index (κ1) is 23.8. The lowest BCUT2D eigenvalue weighted by Crippen LogP contribution is -2.65. The maximum absolute atomic E-state index is 13.4. The van der Waals surface area contributed by atoms with Crippen molar-refractivity contribution in [3.63, 3.8) is 0 Å². The largest absolute Gasteiger partial charge is 0.460 e. The van der Waals surface area contributed by atoms with Crippen LogP contribution in [0.2, 0.25) is 0 Å². The number of epoxide rings is 1. The topological polar surface area (TPSA) is 137 Å². The number of hydrogen-bond donors (Lipinski definition) is 4. The molecule has 0 amide bonds. The quantitative estimate of drug-likeness (QED) is 0.311. The minimum Gasteiger partial charge on any atom is -0.460 e. The van der Waals surface area contributed by atoms with E-state index >= 15 is 0 Å². The number of ketones is 1. The average Bonchev–Trinajstić information content (AvgIpc) is 3.41. The van der Waals surface area contributed by atoms with E-state index < -0.39 is 63.2 Å². The molecule has 2 aliphatic heterocycles. The van der Waals surface area contributed by atoms with Crippen LogP contribution in [0.15, 0.2) is 12.2 Å². The molecule has 2 heterocycles. The maximum Gasteiger partial charge on any atom is 0.338 e. The van der Waals surface area contributed by atoms with Gasteiger partial charge in [0.15, 0.2) is 11.4 Å². The van der Waals surface area contributed by atoms with Crippen molar-refractivity contribution in [1.29, 1.82) is 0 Å². The molecule has 36 heavy (non-hydrogen) atoms. The molecule has 0 radical (unpaired) electrons. The van der Waals surface area contributed by atoms with Gasteiger partial charge in [-0.25, -0.2) is 4.79 Å². The number of ether oxygens (including phenoxy) is 2. The Labute approximate surface area is 211 Å². The monoisotopic (exact) mass is 502 g/mol. The summed E-state index contributed by atoms with van der Waals surface area (Å²) in [4.78, 5) is 26.0. The Balaban J connectivity index is 1.27. The third-order valence-electron chi connectivity index (χ3n) is 13.1. The molecule has 2 bridgehead atoms. The number of rotatable bonds is 1. The lowest BCUT2D eigenvalue weighted by Gasteiger charge is -2.59. The number of carbonyl (C=O) groups is 2. The summed E-state index contributed by atoms with van der Waals surface area (Å²) in [6, 6.07) is 0. The molecule has 0 aromatic heterocycles. The number of allylic oxidation sites excluding steroid dienone is 1. The average molecular weight is 503 g/mol. The molecule has 8 heteroatoms. The highest BCUT2D eigenvalue weighted by Crippen LogP contribution is 2.74. The molecule has 14 atom stereocenters. The second kappa shape index (κ2) is 6.45. The second-order valence-corrected chi connectivity index (χ2v) is 14.0. The van der Waals surface area contributed by atoms with Gasteiger partial charge in [-0.3, -0.25) is 4.79 Å². The van der Waals surface area contributed by atoms with E-state index in [2.05, 4.69) is 6.92 Å². The highest BCUT2D eigenvalue weighted by Gasteiger charge is 2.82. The van der Waals surface area contributed by atoms with E-state index in [-0.39, 0.29) is 29.6 Å². The molecule has 0 unspecified atom stereocenters. The molecule has 0 aromatic carbocycles. The minimum absolute atomic E-state index is 0.00549. The third kappa shape index (κ3) is 2.22. The first-order valence-corrected chi connectivity index (χ1v) is 13.6. The fourth-order valence-corrected chi connectivity index (χ4v) is 10.7.